The highest BCUT2D eigenvalue weighted by Crippen LogP contribution is 2.43. The first-order chi connectivity index (χ1) is 26.0. The zero-order valence-corrected chi connectivity index (χ0v) is 37.1. The minimum absolute atomic E-state index is 0.0583. The monoisotopic (exact) mass is 786 g/mol. The molecule has 0 aliphatic rings. The van der Waals surface area contributed by atoms with E-state index in [1.165, 1.54) is 148 Å². The topological polar surface area (TPSA) is 105 Å². The average molecular weight is 786 g/mol. The summed E-state index contributed by atoms with van der Waals surface area (Å²) in [7, 11) is 1.56. The van der Waals surface area contributed by atoms with Crippen LogP contribution in [0.4, 0.5) is 0 Å². The number of aliphatic hydroxyl groups is 1. The minimum Gasteiger partial charge on any atom is -0.387 e. The Kier molecular flexibility index (Phi) is 36.8. The van der Waals surface area contributed by atoms with Crippen molar-refractivity contribution >= 4 is 13.7 Å². The molecule has 0 saturated carbocycles. The molecular weight excluding hydrogens is 695 g/mol. The molecule has 8 nitrogen and oxygen atoms in total. The van der Waals surface area contributed by atoms with Crippen LogP contribution in [0, 0.1) is 0 Å². The molecule has 54 heavy (non-hydrogen) atoms. The summed E-state index contributed by atoms with van der Waals surface area (Å²) in [5.41, 5.74) is 0. The third-order valence-corrected chi connectivity index (χ3v) is 11.2. The van der Waals surface area contributed by atoms with Crippen molar-refractivity contribution in [2.75, 3.05) is 40.9 Å². The van der Waals surface area contributed by atoms with Crippen LogP contribution < -0.4 is 5.32 Å². The Hall–Kier alpha value is -1.02. The Morgan fingerprint density at radius 2 is 1.02 bits per heavy atom. The second kappa shape index (κ2) is 37.6. The maximum absolute atomic E-state index is 12.9. The standard InChI is InChI=1S/C45H89N2O6P/c1-6-8-10-12-14-16-18-20-22-24-26-28-30-32-34-36-38-44(48)43(42-53-54(50,51)52-41-40-47(3,4)5)46-45(49)39-37-35-33-31-29-27-25-23-21-19-17-15-13-11-9-7-2/h28,30,36,38,43-44,48H,6-27,29,31-35,37,39-42H2,1-5H3,(H-,46,49,50,51)/p+1/b30-28+,38-36+/t43-,44+/m0/s1. The normalized spacial score (nSPS) is 14.6. The smallest absolute Gasteiger partial charge is 0.387 e. The van der Waals surface area contributed by atoms with Crippen LogP contribution in [0.15, 0.2) is 24.3 Å². The second-order valence-electron chi connectivity index (χ2n) is 16.8. The fourth-order valence-electron chi connectivity index (χ4n) is 6.53. The third kappa shape index (κ3) is 39.2. The number of aliphatic hydroxyl groups excluding tert-OH is 1. The van der Waals surface area contributed by atoms with Gasteiger partial charge in [-0.15, -0.1) is 0 Å². The van der Waals surface area contributed by atoms with Crippen molar-refractivity contribution in [1.82, 2.24) is 5.32 Å². The largest absolute Gasteiger partial charge is 0.472 e. The number of carbonyl (C=O) groups is 1. The molecule has 1 unspecified atom stereocenters. The molecule has 0 aliphatic carbocycles. The van der Waals surface area contributed by atoms with Crippen molar-refractivity contribution in [3.8, 4) is 0 Å². The number of allylic oxidation sites excluding steroid dienone is 3. The fraction of sp³-hybridized carbons (Fsp3) is 0.889. The van der Waals surface area contributed by atoms with E-state index in [2.05, 4.69) is 31.3 Å². The van der Waals surface area contributed by atoms with Crippen LogP contribution >= 0.6 is 7.82 Å². The first kappa shape index (κ1) is 53.0. The lowest BCUT2D eigenvalue weighted by molar-refractivity contribution is -0.870. The molecule has 1 amide bonds. The van der Waals surface area contributed by atoms with E-state index < -0.39 is 20.0 Å². The number of phosphoric ester groups is 1. The summed E-state index contributed by atoms with van der Waals surface area (Å²) in [5.74, 6) is -0.185. The van der Waals surface area contributed by atoms with Gasteiger partial charge in [0.15, 0.2) is 0 Å². The predicted octanol–water partition coefficient (Wildman–Crippen LogP) is 12.5. The van der Waals surface area contributed by atoms with Gasteiger partial charge in [0.1, 0.15) is 13.2 Å². The van der Waals surface area contributed by atoms with Crippen molar-refractivity contribution < 1.29 is 32.9 Å². The number of likely N-dealkylation sites (N-methyl/N-ethyl adjacent to an activating group) is 1. The fourth-order valence-corrected chi connectivity index (χ4v) is 7.26. The van der Waals surface area contributed by atoms with Crippen LogP contribution in [0.5, 0.6) is 0 Å². The number of nitrogens with one attached hydrogen (secondary N) is 1. The van der Waals surface area contributed by atoms with E-state index in [9.17, 15) is 19.4 Å². The maximum atomic E-state index is 12.9. The van der Waals surface area contributed by atoms with E-state index in [1.807, 2.05) is 27.2 Å². The van der Waals surface area contributed by atoms with E-state index in [0.29, 0.717) is 17.4 Å². The van der Waals surface area contributed by atoms with Gasteiger partial charge in [0, 0.05) is 6.42 Å². The van der Waals surface area contributed by atoms with Crippen LogP contribution in [0.3, 0.4) is 0 Å². The lowest BCUT2D eigenvalue weighted by atomic mass is 10.0. The highest BCUT2D eigenvalue weighted by molar-refractivity contribution is 7.47. The number of hydrogen-bond donors (Lipinski definition) is 3. The van der Waals surface area contributed by atoms with Gasteiger partial charge in [0.25, 0.3) is 0 Å². The summed E-state index contributed by atoms with van der Waals surface area (Å²) in [5, 5.41) is 13.8. The van der Waals surface area contributed by atoms with Crippen molar-refractivity contribution in [3.05, 3.63) is 24.3 Å². The average Bonchev–Trinajstić information content (AvgIpc) is 3.12. The number of hydrogen-bond acceptors (Lipinski definition) is 5. The number of phosphoric acid groups is 1. The third-order valence-electron chi connectivity index (χ3n) is 10.2. The summed E-state index contributed by atoms with van der Waals surface area (Å²) in [6.07, 6.45) is 43.9. The maximum Gasteiger partial charge on any atom is 0.472 e. The molecule has 0 spiro atoms. The Morgan fingerprint density at radius 3 is 1.48 bits per heavy atom. The molecular formula is C45H90N2O6P+. The van der Waals surface area contributed by atoms with Gasteiger partial charge >= 0.3 is 7.82 Å². The molecule has 9 heteroatoms. The number of carbonyl (C=O) groups excluding carboxylic acids is 1. The number of rotatable bonds is 41. The summed E-state index contributed by atoms with van der Waals surface area (Å²) in [4.78, 5) is 23.1. The predicted molar refractivity (Wildman–Crippen MR) is 231 cm³/mol. The summed E-state index contributed by atoms with van der Waals surface area (Å²) in [6, 6.07) is -0.857. The molecule has 0 aromatic carbocycles. The van der Waals surface area contributed by atoms with Crippen LogP contribution in [0.1, 0.15) is 206 Å². The summed E-state index contributed by atoms with van der Waals surface area (Å²) >= 11 is 0. The van der Waals surface area contributed by atoms with Crippen LogP contribution in [-0.4, -0.2) is 73.4 Å². The van der Waals surface area contributed by atoms with Gasteiger partial charge in [-0.05, 0) is 32.1 Å². The molecule has 0 aliphatic heterocycles. The molecule has 0 saturated heterocycles. The summed E-state index contributed by atoms with van der Waals surface area (Å²) in [6.45, 7) is 4.80. The number of quaternary nitrogens is 1. The van der Waals surface area contributed by atoms with Crippen molar-refractivity contribution in [2.45, 2.75) is 219 Å². The Bertz CT molecular complexity index is 938. The molecule has 3 atom stereocenters. The van der Waals surface area contributed by atoms with Crippen LogP contribution in [-0.2, 0) is 18.4 Å². The lowest BCUT2D eigenvalue weighted by Crippen LogP contribution is -2.45. The van der Waals surface area contributed by atoms with Gasteiger partial charge in [-0.25, -0.2) is 4.57 Å². The quantitative estimate of drug-likeness (QED) is 0.0247. The Balaban J connectivity index is 4.44. The van der Waals surface area contributed by atoms with Crippen molar-refractivity contribution in [1.29, 1.82) is 0 Å². The molecule has 0 aromatic heterocycles. The number of nitrogens with zero attached hydrogens (tertiary/aromatic N) is 1. The highest BCUT2D eigenvalue weighted by atomic mass is 31.2. The molecule has 0 rings (SSSR count). The van der Waals surface area contributed by atoms with Gasteiger partial charge in [0.05, 0.1) is 39.9 Å². The Morgan fingerprint density at radius 1 is 0.611 bits per heavy atom. The van der Waals surface area contributed by atoms with E-state index in [0.717, 1.165) is 38.5 Å². The lowest BCUT2D eigenvalue weighted by Gasteiger charge is -2.25. The second-order valence-corrected chi connectivity index (χ2v) is 18.2. The first-order valence-corrected chi connectivity index (χ1v) is 24.2. The highest BCUT2D eigenvalue weighted by Gasteiger charge is 2.27. The van der Waals surface area contributed by atoms with Crippen molar-refractivity contribution in [3.63, 3.8) is 0 Å². The Labute approximate surface area is 334 Å². The number of amides is 1. The molecule has 320 valence electrons. The number of unbranched alkanes of at least 4 members (excludes halogenated alkanes) is 26. The van der Waals surface area contributed by atoms with Gasteiger partial charge in [-0.1, -0.05) is 192 Å². The SMILES string of the molecule is CCCCCCCCCCCC/C=C/CC/C=C/[C@@H](O)[C@H](COP(=O)(O)OCC[N+](C)(C)C)NC(=O)CCCCCCCCCCCCCCCCCC. The molecule has 0 bridgehead atoms. The van der Waals surface area contributed by atoms with E-state index >= 15 is 0 Å². The summed E-state index contributed by atoms with van der Waals surface area (Å²) < 4.78 is 23.5. The van der Waals surface area contributed by atoms with Crippen LogP contribution in [0.25, 0.3) is 0 Å². The zero-order valence-electron chi connectivity index (χ0n) is 36.2. The van der Waals surface area contributed by atoms with Crippen LogP contribution in [0.2, 0.25) is 0 Å². The first-order valence-electron chi connectivity index (χ1n) is 22.7. The van der Waals surface area contributed by atoms with Gasteiger partial charge in [-0.3, -0.25) is 13.8 Å². The molecule has 0 fully saturated rings. The van der Waals surface area contributed by atoms with Gasteiger partial charge in [0.2, 0.25) is 5.91 Å². The molecule has 0 radical (unpaired) electrons. The van der Waals surface area contributed by atoms with Crippen molar-refractivity contribution in [2.24, 2.45) is 0 Å². The minimum atomic E-state index is -4.34. The zero-order chi connectivity index (χ0) is 40.0. The van der Waals surface area contributed by atoms with E-state index in [1.54, 1.807) is 6.08 Å². The van der Waals surface area contributed by atoms with E-state index in [-0.39, 0.29) is 19.1 Å². The molecule has 0 heterocycles. The molecule has 3 N–H and O–H groups in total. The van der Waals surface area contributed by atoms with E-state index in [4.69, 9.17) is 9.05 Å². The van der Waals surface area contributed by atoms with Gasteiger partial charge < -0.3 is 19.8 Å². The molecule has 0 aromatic rings. The van der Waals surface area contributed by atoms with Gasteiger partial charge in [-0.2, -0.15) is 0 Å².